The molecule has 2 atom stereocenters. The summed E-state index contributed by atoms with van der Waals surface area (Å²) >= 11 is 4.01. The predicted octanol–water partition coefficient (Wildman–Crippen LogP) is 2.91. The van der Waals surface area contributed by atoms with Crippen molar-refractivity contribution in [2.75, 3.05) is 12.4 Å². The van der Waals surface area contributed by atoms with Gasteiger partial charge in [0.25, 0.3) is 0 Å². The fourth-order valence-corrected chi connectivity index (χ4v) is 1.04. The Bertz CT molecular complexity index is 134. The van der Waals surface area contributed by atoms with Crippen LogP contribution in [0.1, 0.15) is 20.3 Å². The van der Waals surface area contributed by atoms with Crippen LogP contribution in [0.4, 0.5) is 13.2 Å². The fraction of sp³-hybridized carbons (Fsp3) is 1.00. The van der Waals surface area contributed by atoms with E-state index in [1.165, 1.54) is 0 Å². The van der Waals surface area contributed by atoms with E-state index >= 15 is 0 Å². The highest BCUT2D eigenvalue weighted by Gasteiger charge is 2.37. The van der Waals surface area contributed by atoms with E-state index in [1.54, 1.807) is 0 Å². The molecule has 0 spiro atoms. The van der Waals surface area contributed by atoms with Crippen LogP contribution in [0, 0.1) is 5.92 Å². The van der Waals surface area contributed by atoms with Crippen LogP contribution in [0.15, 0.2) is 0 Å². The van der Waals surface area contributed by atoms with Crippen molar-refractivity contribution < 1.29 is 17.9 Å². The maximum absolute atomic E-state index is 12.0. The van der Waals surface area contributed by atoms with Gasteiger partial charge in [0.2, 0.25) is 0 Å². The van der Waals surface area contributed by atoms with Crippen molar-refractivity contribution in [3.8, 4) is 0 Å². The van der Waals surface area contributed by atoms with Crippen molar-refractivity contribution in [1.82, 2.24) is 0 Å². The molecule has 80 valence electrons. The molecule has 0 aliphatic carbocycles. The van der Waals surface area contributed by atoms with Crippen LogP contribution in [0.25, 0.3) is 0 Å². The van der Waals surface area contributed by atoms with Crippen LogP contribution < -0.4 is 0 Å². The molecule has 0 aromatic carbocycles. The van der Waals surface area contributed by atoms with Crippen molar-refractivity contribution >= 4 is 12.6 Å². The number of hydrogen-bond acceptors (Lipinski definition) is 2. The molecule has 0 amide bonds. The van der Waals surface area contributed by atoms with Crippen LogP contribution >= 0.6 is 12.6 Å². The molecule has 0 heterocycles. The van der Waals surface area contributed by atoms with Crippen molar-refractivity contribution in [3.63, 3.8) is 0 Å². The Balaban J connectivity index is 3.75. The zero-order valence-electron chi connectivity index (χ0n) is 7.77. The van der Waals surface area contributed by atoms with Crippen molar-refractivity contribution in [1.29, 1.82) is 0 Å². The van der Waals surface area contributed by atoms with E-state index in [9.17, 15) is 13.2 Å². The topological polar surface area (TPSA) is 9.23 Å². The molecule has 0 radical (unpaired) electrons. The van der Waals surface area contributed by atoms with E-state index in [-0.39, 0.29) is 12.5 Å². The minimum Gasteiger partial charge on any atom is -0.369 e. The molecule has 0 aliphatic heterocycles. The Morgan fingerprint density at radius 1 is 1.38 bits per heavy atom. The molecule has 0 N–H and O–H groups in total. The highest BCUT2D eigenvalue weighted by molar-refractivity contribution is 7.80. The summed E-state index contributed by atoms with van der Waals surface area (Å²) in [4.78, 5) is 0. The van der Waals surface area contributed by atoms with Gasteiger partial charge in [-0.1, -0.05) is 13.3 Å². The minimum absolute atomic E-state index is 0.105. The Hall–Kier alpha value is 0.100. The quantitative estimate of drug-likeness (QED) is 0.695. The molecular formula is C8H15F3OS. The molecular weight excluding hydrogens is 201 g/mol. The van der Waals surface area contributed by atoms with E-state index in [4.69, 9.17) is 0 Å². The van der Waals surface area contributed by atoms with Gasteiger partial charge in [0, 0.05) is 0 Å². The molecule has 5 heteroatoms. The van der Waals surface area contributed by atoms with Gasteiger partial charge in [-0.05, 0) is 18.6 Å². The van der Waals surface area contributed by atoms with Crippen molar-refractivity contribution in [2.45, 2.75) is 32.5 Å². The Morgan fingerprint density at radius 3 is 2.23 bits per heavy atom. The van der Waals surface area contributed by atoms with E-state index < -0.39 is 12.3 Å². The van der Waals surface area contributed by atoms with E-state index in [0.29, 0.717) is 5.75 Å². The summed E-state index contributed by atoms with van der Waals surface area (Å²) in [6.07, 6.45) is -5.15. The first-order valence-corrected chi connectivity index (χ1v) is 4.84. The molecule has 0 saturated heterocycles. The third-order valence-corrected chi connectivity index (χ3v) is 2.39. The van der Waals surface area contributed by atoms with Crippen molar-refractivity contribution in [2.24, 2.45) is 5.92 Å². The molecule has 0 aromatic rings. The van der Waals surface area contributed by atoms with Gasteiger partial charge in [-0.25, -0.2) is 0 Å². The monoisotopic (exact) mass is 216 g/mol. The molecule has 0 fully saturated rings. The summed E-state index contributed by atoms with van der Waals surface area (Å²) in [5.41, 5.74) is 0. The molecule has 0 saturated carbocycles. The molecule has 1 nitrogen and oxygen atoms in total. The SMILES string of the molecule is CCC(CS)COC(C)C(F)(F)F. The summed E-state index contributed by atoms with van der Waals surface area (Å²) in [6.45, 7) is 3.05. The largest absolute Gasteiger partial charge is 0.414 e. The average Bonchev–Trinajstić information content (AvgIpc) is 2.04. The van der Waals surface area contributed by atoms with Crippen LogP contribution in [-0.4, -0.2) is 24.6 Å². The minimum atomic E-state index is -4.26. The molecule has 0 rings (SSSR count). The Kier molecular flexibility index (Phi) is 5.80. The van der Waals surface area contributed by atoms with Gasteiger partial charge in [-0.2, -0.15) is 25.8 Å². The molecule has 0 aliphatic rings. The Labute approximate surface area is 82.1 Å². The van der Waals surface area contributed by atoms with Gasteiger partial charge >= 0.3 is 6.18 Å². The zero-order valence-corrected chi connectivity index (χ0v) is 8.66. The normalized spacial score (nSPS) is 17.1. The lowest BCUT2D eigenvalue weighted by Crippen LogP contribution is -2.30. The number of thiol groups is 1. The third-order valence-electron chi connectivity index (χ3n) is 1.88. The van der Waals surface area contributed by atoms with E-state index in [1.807, 2.05) is 6.92 Å². The number of hydrogen-bond donors (Lipinski definition) is 1. The maximum atomic E-state index is 12.0. The first-order valence-electron chi connectivity index (χ1n) is 4.21. The number of alkyl halides is 3. The Morgan fingerprint density at radius 2 is 1.92 bits per heavy atom. The second-order valence-electron chi connectivity index (χ2n) is 2.97. The molecule has 13 heavy (non-hydrogen) atoms. The second kappa shape index (κ2) is 5.75. The predicted molar refractivity (Wildman–Crippen MR) is 49.1 cm³/mol. The molecule has 2 unspecified atom stereocenters. The van der Waals surface area contributed by atoms with Crippen LogP contribution in [-0.2, 0) is 4.74 Å². The summed E-state index contributed by atoms with van der Waals surface area (Å²) in [6, 6.07) is 0. The zero-order chi connectivity index (χ0) is 10.5. The summed E-state index contributed by atoms with van der Waals surface area (Å²) in [5, 5.41) is 0. The van der Waals surface area contributed by atoms with Gasteiger partial charge in [0.15, 0.2) is 6.10 Å². The number of halogens is 3. The first-order chi connectivity index (χ1) is 5.91. The average molecular weight is 216 g/mol. The lowest BCUT2D eigenvalue weighted by Gasteiger charge is -2.19. The fourth-order valence-electron chi connectivity index (χ4n) is 0.675. The summed E-state index contributed by atoms with van der Waals surface area (Å²) in [7, 11) is 0. The lowest BCUT2D eigenvalue weighted by atomic mass is 10.1. The van der Waals surface area contributed by atoms with Crippen molar-refractivity contribution in [3.05, 3.63) is 0 Å². The molecule has 0 aromatic heterocycles. The third kappa shape index (κ3) is 5.41. The van der Waals surface area contributed by atoms with Gasteiger partial charge in [-0.3, -0.25) is 0 Å². The maximum Gasteiger partial charge on any atom is 0.414 e. The number of rotatable bonds is 5. The smallest absolute Gasteiger partial charge is 0.369 e. The highest BCUT2D eigenvalue weighted by atomic mass is 32.1. The highest BCUT2D eigenvalue weighted by Crippen LogP contribution is 2.23. The summed E-state index contributed by atoms with van der Waals surface area (Å²) in [5.74, 6) is 0.661. The standard InChI is InChI=1S/C8H15F3OS/c1-3-7(5-13)4-12-6(2)8(9,10)11/h6-7,13H,3-5H2,1-2H3. The van der Waals surface area contributed by atoms with Crippen LogP contribution in [0.3, 0.4) is 0 Å². The van der Waals surface area contributed by atoms with Crippen LogP contribution in [0.5, 0.6) is 0 Å². The van der Waals surface area contributed by atoms with Gasteiger partial charge < -0.3 is 4.74 Å². The number of ether oxygens (including phenoxy) is 1. The lowest BCUT2D eigenvalue weighted by molar-refractivity contribution is -0.216. The second-order valence-corrected chi connectivity index (χ2v) is 3.34. The summed E-state index contributed by atoms with van der Waals surface area (Å²) < 4.78 is 40.6. The van der Waals surface area contributed by atoms with Gasteiger partial charge in [0.1, 0.15) is 0 Å². The van der Waals surface area contributed by atoms with Crippen LogP contribution in [0.2, 0.25) is 0 Å². The van der Waals surface area contributed by atoms with Gasteiger partial charge in [0.05, 0.1) is 6.61 Å². The molecule has 0 bridgehead atoms. The van der Waals surface area contributed by atoms with E-state index in [0.717, 1.165) is 13.3 Å². The first kappa shape index (κ1) is 13.1. The van der Waals surface area contributed by atoms with E-state index in [2.05, 4.69) is 17.4 Å². The van der Waals surface area contributed by atoms with Gasteiger partial charge in [-0.15, -0.1) is 0 Å².